The monoisotopic (exact) mass is 373 g/mol. The molecule has 2 rings (SSSR count). The maximum Gasteiger partial charge on any atom is 0.309 e. The van der Waals surface area contributed by atoms with Gasteiger partial charge < -0.3 is 10.0 Å². The van der Waals surface area contributed by atoms with Crippen LogP contribution in [-0.2, 0) is 4.79 Å². The van der Waals surface area contributed by atoms with Crippen LogP contribution in [-0.4, -0.2) is 35.0 Å². The van der Waals surface area contributed by atoms with Crippen molar-refractivity contribution in [3.05, 3.63) is 33.3 Å². The fraction of sp³-hybridized carbons (Fsp3) is 0.467. The van der Waals surface area contributed by atoms with Crippen LogP contribution < -0.4 is 0 Å². The molecule has 1 aromatic rings. The maximum absolute atomic E-state index is 12.4. The summed E-state index contributed by atoms with van der Waals surface area (Å²) in [6, 6.07) is 5.09. The molecule has 0 aromatic heterocycles. The van der Waals surface area contributed by atoms with Gasteiger partial charge in [-0.2, -0.15) is 0 Å². The maximum atomic E-state index is 12.4. The molecule has 4 nitrogen and oxygen atoms in total. The van der Waals surface area contributed by atoms with E-state index in [2.05, 4.69) is 15.9 Å². The van der Waals surface area contributed by atoms with E-state index < -0.39 is 11.4 Å². The Morgan fingerprint density at radius 3 is 2.48 bits per heavy atom. The van der Waals surface area contributed by atoms with Gasteiger partial charge >= 0.3 is 5.97 Å². The number of carbonyl (C=O) groups is 2. The standard InChI is InChI=1S/C15H17BrClNO3/c1-2-15(14(20)21)5-7-18(8-6-15)13(19)10-3-4-11(16)12(17)9-10/h3-4,9H,2,5-8H2,1H3,(H,20,21). The Morgan fingerprint density at radius 2 is 2.00 bits per heavy atom. The van der Waals surface area contributed by atoms with Crippen LogP contribution in [0.2, 0.25) is 5.02 Å². The molecule has 0 unspecified atom stereocenters. The summed E-state index contributed by atoms with van der Waals surface area (Å²) in [6.07, 6.45) is 1.58. The van der Waals surface area contributed by atoms with Crippen LogP contribution in [0, 0.1) is 5.41 Å². The van der Waals surface area contributed by atoms with Gasteiger partial charge in [0.25, 0.3) is 5.91 Å². The Morgan fingerprint density at radius 1 is 1.38 bits per heavy atom. The molecule has 1 fully saturated rings. The highest BCUT2D eigenvalue weighted by Gasteiger charge is 2.40. The number of carboxylic acid groups (broad SMARTS) is 1. The number of rotatable bonds is 3. The number of benzene rings is 1. The molecular weight excluding hydrogens is 358 g/mol. The van der Waals surface area contributed by atoms with Crippen LogP contribution in [0.1, 0.15) is 36.5 Å². The van der Waals surface area contributed by atoms with Crippen molar-refractivity contribution in [2.24, 2.45) is 5.41 Å². The van der Waals surface area contributed by atoms with Gasteiger partial charge in [0.2, 0.25) is 0 Å². The summed E-state index contributed by atoms with van der Waals surface area (Å²) in [5.74, 6) is -0.858. The first-order chi connectivity index (χ1) is 9.89. The van der Waals surface area contributed by atoms with Crippen LogP contribution in [0.3, 0.4) is 0 Å². The van der Waals surface area contributed by atoms with Gasteiger partial charge in [-0.15, -0.1) is 0 Å². The van der Waals surface area contributed by atoms with Crippen molar-refractivity contribution in [3.63, 3.8) is 0 Å². The molecule has 0 aliphatic carbocycles. The highest BCUT2D eigenvalue weighted by molar-refractivity contribution is 9.10. The van der Waals surface area contributed by atoms with E-state index in [0.717, 1.165) is 4.47 Å². The van der Waals surface area contributed by atoms with E-state index in [1.54, 1.807) is 23.1 Å². The molecule has 0 spiro atoms. The number of hydrogen-bond acceptors (Lipinski definition) is 2. The quantitative estimate of drug-likeness (QED) is 0.875. The van der Waals surface area contributed by atoms with Crippen molar-refractivity contribution in [1.29, 1.82) is 0 Å². The number of hydrogen-bond donors (Lipinski definition) is 1. The summed E-state index contributed by atoms with van der Waals surface area (Å²) in [5, 5.41) is 9.86. The zero-order valence-corrected chi connectivity index (χ0v) is 14.1. The first kappa shape index (κ1) is 16.3. The molecule has 1 saturated heterocycles. The summed E-state index contributed by atoms with van der Waals surface area (Å²) in [4.78, 5) is 25.6. The van der Waals surface area contributed by atoms with Crippen molar-refractivity contribution >= 4 is 39.4 Å². The van der Waals surface area contributed by atoms with Crippen molar-refractivity contribution in [2.75, 3.05) is 13.1 Å². The second-order valence-electron chi connectivity index (χ2n) is 5.36. The van der Waals surface area contributed by atoms with E-state index in [1.807, 2.05) is 6.92 Å². The van der Waals surface area contributed by atoms with E-state index in [1.165, 1.54) is 0 Å². The predicted molar refractivity (Wildman–Crippen MR) is 84.6 cm³/mol. The number of likely N-dealkylation sites (tertiary alicyclic amines) is 1. The van der Waals surface area contributed by atoms with E-state index in [4.69, 9.17) is 11.6 Å². The van der Waals surface area contributed by atoms with E-state index in [0.29, 0.717) is 42.9 Å². The lowest BCUT2D eigenvalue weighted by atomic mass is 9.76. The Balaban J connectivity index is 2.09. The Hall–Kier alpha value is -1.07. The number of halogens is 2. The first-order valence-electron chi connectivity index (χ1n) is 6.87. The Kier molecular flexibility index (Phi) is 4.94. The zero-order chi connectivity index (χ0) is 15.6. The molecule has 6 heteroatoms. The summed E-state index contributed by atoms with van der Waals surface area (Å²) >= 11 is 9.30. The molecule has 21 heavy (non-hydrogen) atoms. The number of carbonyl (C=O) groups excluding carboxylic acids is 1. The van der Waals surface area contributed by atoms with Crippen LogP contribution in [0.25, 0.3) is 0 Å². The second-order valence-corrected chi connectivity index (χ2v) is 6.62. The molecule has 1 amide bonds. The van der Waals surface area contributed by atoms with E-state index >= 15 is 0 Å². The zero-order valence-electron chi connectivity index (χ0n) is 11.7. The summed E-state index contributed by atoms with van der Waals surface area (Å²) in [5.41, 5.74) is -0.156. The molecule has 1 N–H and O–H groups in total. The van der Waals surface area contributed by atoms with Crippen molar-refractivity contribution in [2.45, 2.75) is 26.2 Å². The lowest BCUT2D eigenvalue weighted by molar-refractivity contribution is -0.152. The highest BCUT2D eigenvalue weighted by atomic mass is 79.9. The minimum atomic E-state index is -0.760. The Labute approximate surface area is 137 Å². The lowest BCUT2D eigenvalue weighted by Gasteiger charge is -2.38. The lowest BCUT2D eigenvalue weighted by Crippen LogP contribution is -2.46. The number of amides is 1. The number of nitrogens with zero attached hydrogens (tertiary/aromatic N) is 1. The molecule has 0 saturated carbocycles. The topological polar surface area (TPSA) is 57.6 Å². The SMILES string of the molecule is CCC1(C(=O)O)CCN(C(=O)c2ccc(Br)c(Cl)c2)CC1. The molecular formula is C15H17BrClNO3. The third kappa shape index (κ3) is 3.24. The van der Waals surface area contributed by atoms with Crippen molar-refractivity contribution in [1.82, 2.24) is 4.90 Å². The fourth-order valence-corrected chi connectivity index (χ4v) is 3.10. The van der Waals surface area contributed by atoms with E-state index in [-0.39, 0.29) is 5.91 Å². The molecule has 0 bridgehead atoms. The summed E-state index contributed by atoms with van der Waals surface area (Å²) in [7, 11) is 0. The third-order valence-corrected chi connectivity index (χ3v) is 5.54. The highest BCUT2D eigenvalue weighted by Crippen LogP contribution is 2.35. The average molecular weight is 375 g/mol. The fourth-order valence-electron chi connectivity index (χ4n) is 2.67. The summed E-state index contributed by atoms with van der Waals surface area (Å²) in [6.45, 7) is 2.82. The molecule has 114 valence electrons. The van der Waals surface area contributed by atoms with Gasteiger partial charge in [-0.3, -0.25) is 9.59 Å². The predicted octanol–water partition coefficient (Wildman–Crippen LogP) is 3.82. The minimum absolute atomic E-state index is 0.0977. The summed E-state index contributed by atoms with van der Waals surface area (Å²) < 4.78 is 0.746. The third-order valence-electron chi connectivity index (χ3n) is 4.30. The van der Waals surface area contributed by atoms with Crippen molar-refractivity contribution < 1.29 is 14.7 Å². The van der Waals surface area contributed by atoms with Crippen molar-refractivity contribution in [3.8, 4) is 0 Å². The van der Waals surface area contributed by atoms with Gasteiger partial charge in [0.1, 0.15) is 0 Å². The van der Waals surface area contributed by atoms with Crippen LogP contribution in [0.15, 0.2) is 22.7 Å². The van der Waals surface area contributed by atoms with Gasteiger partial charge in [-0.1, -0.05) is 18.5 Å². The van der Waals surface area contributed by atoms with Gasteiger partial charge in [0.05, 0.1) is 10.4 Å². The number of aliphatic carboxylic acids is 1. The van der Waals surface area contributed by atoms with Gasteiger partial charge in [0.15, 0.2) is 0 Å². The van der Waals surface area contributed by atoms with Gasteiger partial charge in [-0.05, 0) is 53.4 Å². The number of piperidine rings is 1. The molecule has 0 radical (unpaired) electrons. The minimum Gasteiger partial charge on any atom is -0.481 e. The van der Waals surface area contributed by atoms with Gasteiger partial charge in [0, 0.05) is 23.1 Å². The normalized spacial score (nSPS) is 17.6. The molecule has 1 aliphatic heterocycles. The van der Waals surface area contributed by atoms with E-state index in [9.17, 15) is 14.7 Å². The number of carboxylic acids is 1. The molecule has 1 heterocycles. The average Bonchev–Trinajstić information content (AvgIpc) is 2.49. The van der Waals surface area contributed by atoms with Crippen LogP contribution in [0.4, 0.5) is 0 Å². The molecule has 1 aromatic carbocycles. The smallest absolute Gasteiger partial charge is 0.309 e. The second kappa shape index (κ2) is 6.36. The van der Waals surface area contributed by atoms with Crippen LogP contribution in [0.5, 0.6) is 0 Å². The Bertz CT molecular complexity index is 568. The largest absolute Gasteiger partial charge is 0.481 e. The van der Waals surface area contributed by atoms with Gasteiger partial charge in [-0.25, -0.2) is 0 Å². The molecule has 1 aliphatic rings. The first-order valence-corrected chi connectivity index (χ1v) is 8.04. The van der Waals surface area contributed by atoms with Crippen LogP contribution >= 0.6 is 27.5 Å². The molecule has 0 atom stereocenters.